The summed E-state index contributed by atoms with van der Waals surface area (Å²) in [5, 5.41) is 5.64. The Morgan fingerprint density at radius 2 is 1.80 bits per heavy atom. The van der Waals surface area contributed by atoms with Crippen molar-refractivity contribution in [2.75, 3.05) is 17.7 Å². The normalized spacial score (nSPS) is 15.7. The maximum atomic E-state index is 13.9. The average Bonchev–Trinajstić information content (AvgIpc) is 3.56. The number of hydrogen-bond donors (Lipinski definition) is 0. The Balaban J connectivity index is 1.38. The molecule has 9 heteroatoms. The topological polar surface area (TPSA) is 72.1 Å². The summed E-state index contributed by atoms with van der Waals surface area (Å²) >= 11 is 1.49. The van der Waals surface area contributed by atoms with Crippen LogP contribution >= 0.6 is 11.8 Å². The van der Waals surface area contributed by atoms with Gasteiger partial charge >= 0.3 is 0 Å². The molecule has 4 aromatic heterocycles. The van der Waals surface area contributed by atoms with Gasteiger partial charge in [-0.25, -0.2) is 28.8 Å². The molecule has 174 valence electrons. The summed E-state index contributed by atoms with van der Waals surface area (Å²) in [7, 11) is 0. The van der Waals surface area contributed by atoms with Gasteiger partial charge in [0.15, 0.2) is 10.8 Å². The van der Waals surface area contributed by atoms with Crippen LogP contribution in [0.1, 0.15) is 24.4 Å². The molecule has 1 saturated heterocycles. The summed E-state index contributed by atoms with van der Waals surface area (Å²) in [4.78, 5) is 20.5. The van der Waals surface area contributed by atoms with Crippen molar-refractivity contribution >= 4 is 23.2 Å². The first-order chi connectivity index (χ1) is 17.2. The minimum atomic E-state index is -0.214. The standard InChI is InChI=1S/C26H22FN7S/c1-35-26-28-13-12-20(31-26)19-7-3-8-21(30-19)23-16-29-24-10-11-25(32-34(23)24)33-14-4-9-22(33)17-5-2-6-18(27)15-17/h2-3,5-8,10-13,15-16,22H,4,9,14H2,1H3. The number of anilines is 1. The monoisotopic (exact) mass is 483 g/mol. The van der Waals surface area contributed by atoms with Crippen LogP contribution in [0.2, 0.25) is 0 Å². The molecule has 0 aliphatic carbocycles. The van der Waals surface area contributed by atoms with Crippen LogP contribution in [0, 0.1) is 5.82 Å². The third-order valence-electron chi connectivity index (χ3n) is 6.22. The van der Waals surface area contributed by atoms with Gasteiger partial charge in [-0.1, -0.05) is 30.0 Å². The fourth-order valence-electron chi connectivity index (χ4n) is 4.59. The molecule has 0 spiro atoms. The summed E-state index contributed by atoms with van der Waals surface area (Å²) in [5.41, 5.74) is 4.79. The molecule has 1 aromatic carbocycles. The van der Waals surface area contributed by atoms with Gasteiger partial charge in [-0.2, -0.15) is 0 Å². The van der Waals surface area contributed by atoms with Crippen LogP contribution < -0.4 is 4.90 Å². The SMILES string of the molecule is CSc1nccc(-c2cccc(-c3cnc4ccc(N5CCCC5c5cccc(F)c5)nn34)n2)n1. The molecule has 5 aromatic rings. The molecule has 1 unspecified atom stereocenters. The summed E-state index contributed by atoms with van der Waals surface area (Å²) in [6.07, 6.45) is 7.47. The summed E-state index contributed by atoms with van der Waals surface area (Å²) in [6, 6.07) is 18.6. The largest absolute Gasteiger partial charge is 0.348 e. The summed E-state index contributed by atoms with van der Waals surface area (Å²) < 4.78 is 15.7. The molecule has 1 atom stereocenters. The first-order valence-corrected chi connectivity index (χ1v) is 12.6. The number of imidazole rings is 1. The lowest BCUT2D eigenvalue weighted by molar-refractivity contribution is 0.617. The van der Waals surface area contributed by atoms with Crippen molar-refractivity contribution in [2.24, 2.45) is 0 Å². The van der Waals surface area contributed by atoms with Crippen LogP contribution in [0.3, 0.4) is 0 Å². The first-order valence-electron chi connectivity index (χ1n) is 11.4. The molecule has 0 amide bonds. The summed E-state index contributed by atoms with van der Waals surface area (Å²) in [6.45, 7) is 0.864. The van der Waals surface area contributed by atoms with Gasteiger partial charge < -0.3 is 4.90 Å². The Labute approximate surface area is 206 Å². The van der Waals surface area contributed by atoms with Gasteiger partial charge in [0.1, 0.15) is 17.3 Å². The van der Waals surface area contributed by atoms with Crippen molar-refractivity contribution in [1.29, 1.82) is 0 Å². The Morgan fingerprint density at radius 1 is 0.943 bits per heavy atom. The highest BCUT2D eigenvalue weighted by molar-refractivity contribution is 7.98. The Hall–Kier alpha value is -3.85. The molecule has 6 rings (SSSR count). The predicted octanol–water partition coefficient (Wildman–Crippen LogP) is 5.45. The van der Waals surface area contributed by atoms with E-state index < -0.39 is 0 Å². The van der Waals surface area contributed by atoms with E-state index in [1.165, 1.54) is 17.8 Å². The van der Waals surface area contributed by atoms with Gasteiger partial charge in [0.2, 0.25) is 0 Å². The maximum absolute atomic E-state index is 13.9. The molecule has 0 radical (unpaired) electrons. The van der Waals surface area contributed by atoms with Gasteiger partial charge in [0.25, 0.3) is 0 Å². The second-order valence-corrected chi connectivity index (χ2v) is 9.12. The molecule has 5 heterocycles. The van der Waals surface area contributed by atoms with Crippen molar-refractivity contribution < 1.29 is 4.39 Å². The maximum Gasteiger partial charge on any atom is 0.187 e. The van der Waals surface area contributed by atoms with E-state index in [9.17, 15) is 4.39 Å². The van der Waals surface area contributed by atoms with E-state index in [2.05, 4.69) is 19.9 Å². The number of nitrogens with zero attached hydrogens (tertiary/aromatic N) is 7. The van der Waals surface area contributed by atoms with Crippen LogP contribution in [0.25, 0.3) is 28.4 Å². The highest BCUT2D eigenvalue weighted by atomic mass is 32.2. The molecular weight excluding hydrogens is 461 g/mol. The molecule has 1 aliphatic heterocycles. The molecular formula is C26H22FN7S. The van der Waals surface area contributed by atoms with E-state index >= 15 is 0 Å². The second kappa shape index (κ2) is 9.07. The minimum absolute atomic E-state index is 0.0903. The molecule has 1 fully saturated rings. The number of halogens is 1. The highest BCUT2D eigenvalue weighted by Crippen LogP contribution is 2.35. The zero-order valence-corrected chi connectivity index (χ0v) is 19.9. The quantitative estimate of drug-likeness (QED) is 0.243. The van der Waals surface area contributed by atoms with Crippen LogP contribution in [0.15, 0.2) is 78.2 Å². The van der Waals surface area contributed by atoms with Gasteiger partial charge in [-0.05, 0) is 67.1 Å². The fraction of sp³-hybridized carbons (Fsp3) is 0.192. The van der Waals surface area contributed by atoms with E-state index in [0.717, 1.165) is 59.2 Å². The molecule has 0 bridgehead atoms. The Morgan fingerprint density at radius 3 is 2.69 bits per heavy atom. The van der Waals surface area contributed by atoms with Crippen molar-refractivity contribution in [3.8, 4) is 22.8 Å². The highest BCUT2D eigenvalue weighted by Gasteiger charge is 2.28. The lowest BCUT2D eigenvalue weighted by Gasteiger charge is -2.26. The number of aromatic nitrogens is 6. The third kappa shape index (κ3) is 4.12. The number of fused-ring (bicyclic) bond motifs is 1. The van der Waals surface area contributed by atoms with Crippen molar-refractivity contribution in [1.82, 2.24) is 29.5 Å². The van der Waals surface area contributed by atoms with E-state index in [1.54, 1.807) is 24.5 Å². The van der Waals surface area contributed by atoms with Crippen LogP contribution in [-0.2, 0) is 0 Å². The van der Waals surface area contributed by atoms with Gasteiger partial charge in [0, 0.05) is 12.7 Å². The van der Waals surface area contributed by atoms with Gasteiger partial charge in [-0.15, -0.1) is 5.10 Å². The molecule has 35 heavy (non-hydrogen) atoms. The Bertz CT molecular complexity index is 1520. The predicted molar refractivity (Wildman–Crippen MR) is 135 cm³/mol. The van der Waals surface area contributed by atoms with Crippen LogP contribution in [0.5, 0.6) is 0 Å². The van der Waals surface area contributed by atoms with E-state index in [-0.39, 0.29) is 11.9 Å². The minimum Gasteiger partial charge on any atom is -0.348 e. The lowest BCUT2D eigenvalue weighted by Crippen LogP contribution is -2.24. The third-order valence-corrected chi connectivity index (χ3v) is 6.78. The zero-order chi connectivity index (χ0) is 23.8. The van der Waals surface area contributed by atoms with Crippen molar-refractivity contribution in [3.63, 3.8) is 0 Å². The van der Waals surface area contributed by atoms with Crippen molar-refractivity contribution in [2.45, 2.75) is 24.0 Å². The molecule has 0 saturated carbocycles. The number of benzene rings is 1. The first kappa shape index (κ1) is 21.7. The average molecular weight is 484 g/mol. The number of pyridine rings is 1. The van der Waals surface area contributed by atoms with E-state index in [0.29, 0.717) is 5.16 Å². The zero-order valence-electron chi connectivity index (χ0n) is 19.0. The Kier molecular flexibility index (Phi) is 5.61. The smallest absolute Gasteiger partial charge is 0.187 e. The van der Waals surface area contributed by atoms with Crippen molar-refractivity contribution in [3.05, 3.63) is 84.4 Å². The van der Waals surface area contributed by atoms with Crippen LogP contribution in [0.4, 0.5) is 10.2 Å². The molecule has 7 nitrogen and oxygen atoms in total. The molecule has 0 N–H and O–H groups in total. The fourth-order valence-corrected chi connectivity index (χ4v) is 4.95. The lowest BCUT2D eigenvalue weighted by atomic mass is 10.0. The number of hydrogen-bond acceptors (Lipinski definition) is 7. The summed E-state index contributed by atoms with van der Waals surface area (Å²) in [5.74, 6) is 0.619. The van der Waals surface area contributed by atoms with E-state index in [4.69, 9.17) is 10.1 Å². The second-order valence-electron chi connectivity index (χ2n) is 8.35. The van der Waals surface area contributed by atoms with E-state index in [1.807, 2.05) is 53.2 Å². The molecule has 1 aliphatic rings. The van der Waals surface area contributed by atoms with Gasteiger partial charge in [0.05, 0.1) is 29.3 Å². The number of rotatable bonds is 5. The number of thioether (sulfide) groups is 1. The van der Waals surface area contributed by atoms with Gasteiger partial charge in [-0.3, -0.25) is 0 Å². The van der Waals surface area contributed by atoms with Crippen LogP contribution in [-0.4, -0.2) is 42.4 Å².